The molecule has 0 radical (unpaired) electrons. The lowest BCUT2D eigenvalue weighted by molar-refractivity contribution is -0.384. The van der Waals surface area contributed by atoms with Crippen molar-refractivity contribution in [1.29, 1.82) is 0 Å². The van der Waals surface area contributed by atoms with E-state index in [4.69, 9.17) is 0 Å². The molecule has 0 N–H and O–H groups in total. The summed E-state index contributed by atoms with van der Waals surface area (Å²) in [4.78, 5) is 24.5. The first-order chi connectivity index (χ1) is 10.6. The Kier molecular flexibility index (Phi) is 3.94. The van der Waals surface area contributed by atoms with E-state index in [1.54, 1.807) is 4.90 Å². The molecule has 1 aliphatic heterocycles. The number of nitrogens with zero attached hydrogens (tertiary/aromatic N) is 2. The molecule has 0 fully saturated rings. The SMILES string of the molecule is O=C(c1ccc([N+](=O)[O-])cc1)N1CCc2c(Br)cccc2C1. The topological polar surface area (TPSA) is 63.4 Å². The number of benzene rings is 2. The highest BCUT2D eigenvalue weighted by atomic mass is 79.9. The van der Waals surface area contributed by atoms with Crippen LogP contribution in [0.1, 0.15) is 21.5 Å². The molecule has 2 aromatic carbocycles. The van der Waals surface area contributed by atoms with Crippen molar-refractivity contribution in [3.63, 3.8) is 0 Å². The largest absolute Gasteiger partial charge is 0.334 e. The zero-order chi connectivity index (χ0) is 15.7. The van der Waals surface area contributed by atoms with Gasteiger partial charge in [0.15, 0.2) is 0 Å². The van der Waals surface area contributed by atoms with Crippen LogP contribution in [0.15, 0.2) is 46.9 Å². The van der Waals surface area contributed by atoms with Gasteiger partial charge in [-0.25, -0.2) is 0 Å². The molecule has 22 heavy (non-hydrogen) atoms. The van der Waals surface area contributed by atoms with Gasteiger partial charge in [0.05, 0.1) is 4.92 Å². The number of carbonyl (C=O) groups excluding carboxylic acids is 1. The number of nitro benzene ring substituents is 1. The molecule has 0 saturated heterocycles. The smallest absolute Gasteiger partial charge is 0.269 e. The molecule has 5 nitrogen and oxygen atoms in total. The normalized spacial score (nSPS) is 13.6. The summed E-state index contributed by atoms with van der Waals surface area (Å²) in [6.45, 7) is 1.20. The van der Waals surface area contributed by atoms with Crippen LogP contribution in [-0.4, -0.2) is 22.3 Å². The number of fused-ring (bicyclic) bond motifs is 1. The quantitative estimate of drug-likeness (QED) is 0.607. The Morgan fingerprint density at radius 2 is 1.91 bits per heavy atom. The molecule has 1 amide bonds. The fourth-order valence-corrected chi connectivity index (χ4v) is 3.25. The minimum absolute atomic E-state index is 0.00975. The van der Waals surface area contributed by atoms with Crippen LogP contribution in [0.5, 0.6) is 0 Å². The van der Waals surface area contributed by atoms with Crippen LogP contribution in [0.4, 0.5) is 5.69 Å². The Labute approximate surface area is 135 Å². The fraction of sp³-hybridized carbons (Fsp3) is 0.188. The summed E-state index contributed by atoms with van der Waals surface area (Å²) in [5.41, 5.74) is 2.85. The molecule has 0 aliphatic carbocycles. The van der Waals surface area contributed by atoms with Crippen LogP contribution in [0.25, 0.3) is 0 Å². The molecule has 0 bridgehead atoms. The molecule has 3 rings (SSSR count). The van der Waals surface area contributed by atoms with E-state index in [9.17, 15) is 14.9 Å². The Balaban J connectivity index is 1.80. The average Bonchev–Trinajstić information content (AvgIpc) is 2.54. The molecule has 1 aliphatic rings. The second-order valence-electron chi connectivity index (χ2n) is 5.16. The highest BCUT2D eigenvalue weighted by Gasteiger charge is 2.23. The number of amides is 1. The summed E-state index contributed by atoms with van der Waals surface area (Å²) in [7, 11) is 0. The Hall–Kier alpha value is -2.21. The lowest BCUT2D eigenvalue weighted by atomic mass is 9.99. The van der Waals surface area contributed by atoms with Gasteiger partial charge in [0, 0.05) is 35.3 Å². The minimum Gasteiger partial charge on any atom is -0.334 e. The Morgan fingerprint density at radius 3 is 2.59 bits per heavy atom. The van der Waals surface area contributed by atoms with Crippen LogP contribution < -0.4 is 0 Å². The third-order valence-corrected chi connectivity index (χ3v) is 4.56. The monoisotopic (exact) mass is 360 g/mol. The number of hydrogen-bond donors (Lipinski definition) is 0. The zero-order valence-electron chi connectivity index (χ0n) is 11.7. The fourth-order valence-electron chi connectivity index (χ4n) is 2.64. The summed E-state index contributed by atoms with van der Waals surface area (Å²) in [5.74, 6) is -0.0967. The Bertz CT molecular complexity index is 744. The summed E-state index contributed by atoms with van der Waals surface area (Å²) in [6, 6.07) is 11.7. The van der Waals surface area contributed by atoms with Crippen molar-refractivity contribution in [2.24, 2.45) is 0 Å². The van der Waals surface area contributed by atoms with Crippen LogP contribution in [0.2, 0.25) is 0 Å². The van der Waals surface area contributed by atoms with Crippen molar-refractivity contribution in [2.75, 3.05) is 6.54 Å². The molecule has 0 unspecified atom stereocenters. The van der Waals surface area contributed by atoms with Gasteiger partial charge in [-0.2, -0.15) is 0 Å². The summed E-state index contributed by atoms with van der Waals surface area (Å²) < 4.78 is 1.08. The van der Waals surface area contributed by atoms with Gasteiger partial charge in [-0.3, -0.25) is 14.9 Å². The van der Waals surface area contributed by atoms with Gasteiger partial charge in [-0.1, -0.05) is 28.1 Å². The van der Waals surface area contributed by atoms with E-state index in [0.717, 1.165) is 16.5 Å². The zero-order valence-corrected chi connectivity index (χ0v) is 13.2. The first-order valence-corrected chi connectivity index (χ1v) is 7.65. The van der Waals surface area contributed by atoms with Gasteiger partial charge >= 0.3 is 0 Å². The van der Waals surface area contributed by atoms with E-state index in [0.29, 0.717) is 18.7 Å². The van der Waals surface area contributed by atoms with Gasteiger partial charge in [0.25, 0.3) is 11.6 Å². The van der Waals surface area contributed by atoms with E-state index in [1.165, 1.54) is 29.8 Å². The van der Waals surface area contributed by atoms with Gasteiger partial charge in [0.1, 0.15) is 0 Å². The first kappa shape index (κ1) is 14.7. The second kappa shape index (κ2) is 5.88. The molecule has 0 atom stereocenters. The third-order valence-electron chi connectivity index (χ3n) is 3.82. The van der Waals surface area contributed by atoms with Crippen molar-refractivity contribution in [3.05, 3.63) is 73.7 Å². The lowest BCUT2D eigenvalue weighted by Crippen LogP contribution is -2.36. The lowest BCUT2D eigenvalue weighted by Gasteiger charge is -2.29. The number of halogens is 1. The number of nitro groups is 1. The molecule has 0 aromatic heterocycles. The highest BCUT2D eigenvalue weighted by Crippen LogP contribution is 2.27. The Morgan fingerprint density at radius 1 is 1.18 bits per heavy atom. The predicted octanol–water partition coefficient (Wildman–Crippen LogP) is 3.56. The number of rotatable bonds is 2. The molecule has 2 aromatic rings. The number of hydrogen-bond acceptors (Lipinski definition) is 3. The van der Waals surface area contributed by atoms with Crippen molar-refractivity contribution >= 4 is 27.5 Å². The van der Waals surface area contributed by atoms with E-state index >= 15 is 0 Å². The molecule has 0 saturated carbocycles. The second-order valence-corrected chi connectivity index (χ2v) is 6.01. The van der Waals surface area contributed by atoms with E-state index in [2.05, 4.69) is 15.9 Å². The molecule has 6 heteroatoms. The highest BCUT2D eigenvalue weighted by molar-refractivity contribution is 9.10. The molecule has 112 valence electrons. The molecular formula is C16H13BrN2O3. The summed E-state index contributed by atoms with van der Waals surface area (Å²) in [5, 5.41) is 10.7. The van der Waals surface area contributed by atoms with E-state index < -0.39 is 4.92 Å². The number of non-ortho nitro benzene ring substituents is 1. The standard InChI is InChI=1S/C16H13BrN2O3/c17-15-3-1-2-12-10-18(9-8-14(12)15)16(20)11-4-6-13(7-5-11)19(21)22/h1-7H,8-10H2. The van der Waals surface area contributed by atoms with Crippen molar-refractivity contribution < 1.29 is 9.72 Å². The van der Waals surface area contributed by atoms with E-state index in [-0.39, 0.29) is 11.6 Å². The molecular weight excluding hydrogens is 348 g/mol. The maximum atomic E-state index is 12.5. The predicted molar refractivity (Wildman–Crippen MR) is 85.7 cm³/mol. The summed E-state index contributed by atoms with van der Waals surface area (Å²) >= 11 is 3.54. The van der Waals surface area contributed by atoms with Crippen molar-refractivity contribution in [3.8, 4) is 0 Å². The van der Waals surface area contributed by atoms with Crippen LogP contribution >= 0.6 is 15.9 Å². The minimum atomic E-state index is -0.469. The van der Waals surface area contributed by atoms with E-state index in [1.807, 2.05) is 18.2 Å². The van der Waals surface area contributed by atoms with Gasteiger partial charge in [-0.15, -0.1) is 0 Å². The average molecular weight is 361 g/mol. The summed E-state index contributed by atoms with van der Waals surface area (Å²) in [6.07, 6.45) is 0.801. The van der Waals surface area contributed by atoms with Crippen LogP contribution in [0.3, 0.4) is 0 Å². The van der Waals surface area contributed by atoms with Gasteiger partial charge < -0.3 is 4.90 Å². The van der Waals surface area contributed by atoms with Crippen molar-refractivity contribution in [1.82, 2.24) is 4.90 Å². The molecule has 0 spiro atoms. The molecule has 1 heterocycles. The van der Waals surface area contributed by atoms with Crippen LogP contribution in [0, 0.1) is 10.1 Å². The van der Waals surface area contributed by atoms with Crippen molar-refractivity contribution in [2.45, 2.75) is 13.0 Å². The van der Waals surface area contributed by atoms with Crippen LogP contribution in [-0.2, 0) is 13.0 Å². The first-order valence-electron chi connectivity index (χ1n) is 6.86. The number of carbonyl (C=O) groups is 1. The van der Waals surface area contributed by atoms with Gasteiger partial charge in [-0.05, 0) is 35.7 Å². The maximum Gasteiger partial charge on any atom is 0.269 e. The van der Waals surface area contributed by atoms with Gasteiger partial charge in [0.2, 0.25) is 0 Å². The third kappa shape index (κ3) is 2.74. The maximum absolute atomic E-state index is 12.5.